The molecule has 0 atom stereocenters. The molecule has 0 unspecified atom stereocenters. The van der Waals surface area contributed by atoms with Crippen molar-refractivity contribution in [3.8, 4) is 11.5 Å². The zero-order valence-electron chi connectivity index (χ0n) is 25.9. The Morgan fingerprint density at radius 3 is 1.52 bits per heavy atom. The molecule has 4 aromatic carbocycles. The summed E-state index contributed by atoms with van der Waals surface area (Å²) in [6.07, 6.45) is 6.14. The summed E-state index contributed by atoms with van der Waals surface area (Å²) < 4.78 is 11.8. The van der Waals surface area contributed by atoms with Crippen LogP contribution in [0.15, 0.2) is 103 Å². The van der Waals surface area contributed by atoms with Gasteiger partial charge in [-0.2, -0.15) is 0 Å². The Kier molecular flexibility index (Phi) is 10.9. The molecule has 4 nitrogen and oxygen atoms in total. The normalized spacial score (nSPS) is 11.1. The molecule has 0 fully saturated rings. The van der Waals surface area contributed by atoms with Gasteiger partial charge in [-0.15, -0.1) is 0 Å². The highest BCUT2D eigenvalue weighted by atomic mass is 16.5. The fraction of sp³-hybridized carbons (Fsp3) is 0.263. The van der Waals surface area contributed by atoms with Crippen LogP contribution in [0.3, 0.4) is 0 Å². The van der Waals surface area contributed by atoms with Crippen LogP contribution in [-0.2, 0) is 0 Å². The summed E-state index contributed by atoms with van der Waals surface area (Å²) in [5, 5.41) is 0. The minimum absolute atomic E-state index is 0.801. The smallest absolute Gasteiger partial charge is 0.126 e. The van der Waals surface area contributed by atoms with Crippen molar-refractivity contribution in [2.75, 3.05) is 50.2 Å². The minimum atomic E-state index is 0.801. The first-order valence-electron chi connectivity index (χ1n) is 14.9. The first-order valence-corrected chi connectivity index (χ1v) is 14.9. The average Bonchev–Trinajstić information content (AvgIpc) is 3.05. The molecule has 1 radical (unpaired) electrons. The van der Waals surface area contributed by atoms with E-state index in [4.69, 9.17) is 9.47 Å². The van der Waals surface area contributed by atoms with E-state index in [1.165, 1.54) is 11.4 Å². The lowest BCUT2D eigenvalue weighted by atomic mass is 9.90. The van der Waals surface area contributed by atoms with Gasteiger partial charge in [-0.05, 0) is 69.2 Å². The second kappa shape index (κ2) is 15.0. The van der Waals surface area contributed by atoms with Crippen molar-refractivity contribution in [3.05, 3.63) is 131 Å². The number of ether oxygens (including phenoxy) is 2. The van der Waals surface area contributed by atoms with Crippen molar-refractivity contribution in [1.29, 1.82) is 0 Å². The molecular formula is C38H43N2O2. The van der Waals surface area contributed by atoms with E-state index in [2.05, 4.69) is 110 Å². The van der Waals surface area contributed by atoms with Gasteiger partial charge in [0.05, 0.1) is 14.2 Å². The van der Waals surface area contributed by atoms with Crippen molar-refractivity contribution in [1.82, 2.24) is 0 Å². The number of hydrogen-bond acceptors (Lipinski definition) is 4. The summed E-state index contributed by atoms with van der Waals surface area (Å²) in [5.74, 6) is 1.60. The third-order valence-electron chi connectivity index (χ3n) is 7.66. The molecule has 4 aromatic rings. The Labute approximate surface area is 252 Å². The van der Waals surface area contributed by atoms with E-state index >= 15 is 0 Å². The number of benzene rings is 4. The lowest BCUT2D eigenvalue weighted by molar-refractivity contribution is 0.411. The molecule has 0 heterocycles. The van der Waals surface area contributed by atoms with Crippen LogP contribution in [0.4, 0.5) is 11.4 Å². The van der Waals surface area contributed by atoms with E-state index in [1.807, 2.05) is 36.4 Å². The van der Waals surface area contributed by atoms with Crippen LogP contribution in [0, 0.1) is 6.08 Å². The highest BCUT2D eigenvalue weighted by Crippen LogP contribution is 2.39. The van der Waals surface area contributed by atoms with Crippen molar-refractivity contribution < 1.29 is 9.47 Å². The standard InChI is InChI=1S/C38H43N2O2/c1-7-39(8-2)35-23-15-11-19-29(35)27-30(31-20-12-16-24-36(31)40(9-3)10-4)28-34(32-21-13-17-25-37(32)41-5)33-22-14-18-26-38(33)42-6/h11-26,28H,7-10H2,1-6H3. The lowest BCUT2D eigenvalue weighted by Gasteiger charge is -2.26. The second-order valence-electron chi connectivity index (χ2n) is 9.88. The van der Waals surface area contributed by atoms with Gasteiger partial charge in [0.25, 0.3) is 0 Å². The van der Waals surface area contributed by atoms with Crippen LogP contribution in [-0.4, -0.2) is 40.4 Å². The van der Waals surface area contributed by atoms with Gasteiger partial charge in [-0.1, -0.05) is 72.8 Å². The van der Waals surface area contributed by atoms with E-state index in [-0.39, 0.29) is 0 Å². The van der Waals surface area contributed by atoms with Crippen LogP contribution < -0.4 is 19.3 Å². The van der Waals surface area contributed by atoms with Crippen LogP contribution in [0.25, 0.3) is 11.1 Å². The van der Waals surface area contributed by atoms with Crippen LogP contribution >= 0.6 is 0 Å². The SMILES string of the molecule is CCN(CC)c1ccccc1[C]=C(C=C(c1ccccc1OC)c1ccccc1OC)c1ccccc1N(CC)CC. The average molecular weight is 560 g/mol. The first kappa shape index (κ1) is 30.5. The highest BCUT2D eigenvalue weighted by Gasteiger charge is 2.19. The maximum Gasteiger partial charge on any atom is 0.126 e. The summed E-state index contributed by atoms with van der Waals surface area (Å²) in [5.41, 5.74) is 8.50. The summed E-state index contributed by atoms with van der Waals surface area (Å²) in [7, 11) is 3.44. The molecule has 0 spiro atoms. The molecule has 42 heavy (non-hydrogen) atoms. The predicted octanol–water partition coefficient (Wildman–Crippen LogP) is 8.76. The van der Waals surface area contributed by atoms with Crippen molar-refractivity contribution in [3.63, 3.8) is 0 Å². The Morgan fingerprint density at radius 2 is 1.00 bits per heavy atom. The number of anilines is 2. The van der Waals surface area contributed by atoms with Crippen LogP contribution in [0.1, 0.15) is 49.9 Å². The summed E-state index contributed by atoms with van der Waals surface area (Å²) >= 11 is 0. The fourth-order valence-corrected chi connectivity index (χ4v) is 5.47. The Bertz CT molecular complexity index is 1460. The summed E-state index contributed by atoms with van der Waals surface area (Å²) in [6, 6.07) is 33.5. The number of para-hydroxylation sites is 4. The van der Waals surface area contributed by atoms with E-state index in [9.17, 15) is 0 Å². The topological polar surface area (TPSA) is 24.9 Å². The third kappa shape index (κ3) is 6.71. The number of methoxy groups -OCH3 is 2. The lowest BCUT2D eigenvalue weighted by Crippen LogP contribution is -2.23. The molecule has 217 valence electrons. The van der Waals surface area contributed by atoms with Gasteiger partial charge in [0.15, 0.2) is 0 Å². The predicted molar refractivity (Wildman–Crippen MR) is 179 cm³/mol. The molecule has 4 rings (SSSR count). The highest BCUT2D eigenvalue weighted by molar-refractivity contribution is 5.95. The molecule has 0 saturated heterocycles. The molecule has 0 saturated carbocycles. The van der Waals surface area contributed by atoms with Crippen molar-refractivity contribution >= 4 is 22.5 Å². The summed E-state index contributed by atoms with van der Waals surface area (Å²) in [4.78, 5) is 4.77. The Balaban J connectivity index is 2.11. The Morgan fingerprint density at radius 1 is 0.571 bits per heavy atom. The van der Waals surface area contributed by atoms with Gasteiger partial charge in [-0.3, -0.25) is 0 Å². The quantitative estimate of drug-likeness (QED) is 0.121. The molecule has 4 heteroatoms. The minimum Gasteiger partial charge on any atom is -0.496 e. The first-order chi connectivity index (χ1) is 20.6. The maximum atomic E-state index is 5.88. The Hall–Kier alpha value is -4.44. The van der Waals surface area contributed by atoms with Gasteiger partial charge >= 0.3 is 0 Å². The molecule has 0 bridgehead atoms. The molecule has 0 aliphatic carbocycles. The van der Waals surface area contributed by atoms with Gasteiger partial charge in [0, 0.05) is 65.9 Å². The second-order valence-corrected chi connectivity index (χ2v) is 9.88. The van der Waals surface area contributed by atoms with Crippen LogP contribution in [0.5, 0.6) is 11.5 Å². The molecule has 0 N–H and O–H groups in total. The monoisotopic (exact) mass is 559 g/mol. The zero-order valence-corrected chi connectivity index (χ0v) is 25.9. The largest absolute Gasteiger partial charge is 0.496 e. The van der Waals surface area contributed by atoms with E-state index in [1.54, 1.807) is 14.2 Å². The van der Waals surface area contributed by atoms with Gasteiger partial charge in [0.1, 0.15) is 11.5 Å². The maximum absolute atomic E-state index is 5.88. The third-order valence-corrected chi connectivity index (χ3v) is 7.66. The van der Waals surface area contributed by atoms with Gasteiger partial charge in [-0.25, -0.2) is 0 Å². The number of nitrogens with zero attached hydrogens (tertiary/aromatic N) is 2. The molecule has 0 aromatic heterocycles. The number of allylic oxidation sites excluding steroid dienone is 2. The molecular weight excluding hydrogens is 516 g/mol. The van der Waals surface area contributed by atoms with E-state index in [0.717, 1.165) is 71.1 Å². The summed E-state index contributed by atoms with van der Waals surface area (Å²) in [6.45, 7) is 12.5. The van der Waals surface area contributed by atoms with Gasteiger partial charge in [0.2, 0.25) is 0 Å². The van der Waals surface area contributed by atoms with Crippen molar-refractivity contribution in [2.45, 2.75) is 27.7 Å². The number of hydrogen-bond donors (Lipinski definition) is 0. The van der Waals surface area contributed by atoms with E-state index in [0.29, 0.717) is 0 Å². The van der Waals surface area contributed by atoms with Crippen LogP contribution in [0.2, 0.25) is 0 Å². The molecule has 0 aliphatic heterocycles. The zero-order chi connectivity index (χ0) is 29.9. The fourth-order valence-electron chi connectivity index (χ4n) is 5.47. The van der Waals surface area contributed by atoms with Gasteiger partial charge < -0.3 is 19.3 Å². The number of rotatable bonds is 13. The molecule has 0 amide bonds. The van der Waals surface area contributed by atoms with E-state index < -0.39 is 0 Å². The van der Waals surface area contributed by atoms with Crippen molar-refractivity contribution in [2.24, 2.45) is 0 Å². The molecule has 0 aliphatic rings.